The molecule has 2 N–H and O–H groups in total. The fourth-order valence-corrected chi connectivity index (χ4v) is 1.77. The molecule has 2 heterocycles. The van der Waals surface area contributed by atoms with Crippen LogP contribution in [0.25, 0.3) is 0 Å². The largest absolute Gasteiger partial charge is 0.478 e. The zero-order valence-corrected chi connectivity index (χ0v) is 10.6. The van der Waals surface area contributed by atoms with Gasteiger partial charge in [0.15, 0.2) is 0 Å². The fraction of sp³-hybridized carbons (Fsp3) is 0.214. The van der Waals surface area contributed by atoms with Crippen molar-refractivity contribution in [2.24, 2.45) is 0 Å². The van der Waals surface area contributed by atoms with Gasteiger partial charge in [-0.3, -0.25) is 9.97 Å². The first-order valence-electron chi connectivity index (χ1n) is 5.99. The lowest BCUT2D eigenvalue weighted by atomic mass is 10.1. The number of nitrogens with one attached hydrogen (secondary N) is 1. The predicted octanol–water partition coefficient (Wildman–Crippen LogP) is 2.03. The van der Waals surface area contributed by atoms with Crippen molar-refractivity contribution in [1.82, 2.24) is 15.3 Å². The number of hydrogen-bond donors (Lipinski definition) is 2. The molecule has 1 unspecified atom stereocenters. The Morgan fingerprint density at radius 2 is 2.16 bits per heavy atom. The van der Waals surface area contributed by atoms with Crippen LogP contribution in [0.5, 0.6) is 0 Å². The van der Waals surface area contributed by atoms with Crippen LogP contribution >= 0.6 is 0 Å². The summed E-state index contributed by atoms with van der Waals surface area (Å²) in [4.78, 5) is 19.2. The predicted molar refractivity (Wildman–Crippen MR) is 70.7 cm³/mol. The second-order valence-electron chi connectivity index (χ2n) is 4.19. The van der Waals surface area contributed by atoms with Crippen LogP contribution in [0.4, 0.5) is 0 Å². The molecule has 0 spiro atoms. The van der Waals surface area contributed by atoms with Crippen molar-refractivity contribution in [1.29, 1.82) is 0 Å². The highest BCUT2D eigenvalue weighted by Gasteiger charge is 2.11. The van der Waals surface area contributed by atoms with Crippen molar-refractivity contribution >= 4 is 5.97 Å². The Kier molecular flexibility index (Phi) is 4.20. The van der Waals surface area contributed by atoms with Gasteiger partial charge in [-0.15, -0.1) is 0 Å². The highest BCUT2D eigenvalue weighted by Crippen LogP contribution is 2.12. The minimum atomic E-state index is -0.959. The van der Waals surface area contributed by atoms with Crippen molar-refractivity contribution in [3.05, 3.63) is 59.7 Å². The molecule has 98 valence electrons. The third-order valence-electron chi connectivity index (χ3n) is 2.88. The quantitative estimate of drug-likeness (QED) is 0.857. The normalized spacial score (nSPS) is 12.1. The number of rotatable bonds is 5. The summed E-state index contributed by atoms with van der Waals surface area (Å²) in [6.45, 7) is 2.40. The van der Waals surface area contributed by atoms with E-state index in [4.69, 9.17) is 5.11 Å². The van der Waals surface area contributed by atoms with Crippen LogP contribution in [-0.4, -0.2) is 21.0 Å². The molecule has 0 aliphatic carbocycles. The molecule has 0 fully saturated rings. The van der Waals surface area contributed by atoms with Gasteiger partial charge in [0.25, 0.3) is 0 Å². The zero-order valence-electron chi connectivity index (χ0n) is 10.6. The summed E-state index contributed by atoms with van der Waals surface area (Å²) in [7, 11) is 0. The van der Waals surface area contributed by atoms with E-state index in [9.17, 15) is 4.79 Å². The summed E-state index contributed by atoms with van der Waals surface area (Å²) >= 11 is 0. The van der Waals surface area contributed by atoms with Crippen LogP contribution in [-0.2, 0) is 6.54 Å². The second kappa shape index (κ2) is 6.06. The monoisotopic (exact) mass is 257 g/mol. The second-order valence-corrected chi connectivity index (χ2v) is 4.19. The first kappa shape index (κ1) is 13.2. The maximum atomic E-state index is 11.1. The highest BCUT2D eigenvalue weighted by molar-refractivity contribution is 5.88. The minimum absolute atomic E-state index is 0.0809. The number of aromatic carboxylic acids is 1. The molecule has 5 heteroatoms. The van der Waals surface area contributed by atoms with Crippen LogP contribution < -0.4 is 5.32 Å². The highest BCUT2D eigenvalue weighted by atomic mass is 16.4. The molecule has 0 aliphatic heterocycles. The van der Waals surface area contributed by atoms with Gasteiger partial charge in [-0.2, -0.15) is 0 Å². The number of hydrogen-bond acceptors (Lipinski definition) is 4. The van der Waals surface area contributed by atoms with E-state index >= 15 is 0 Å². The summed E-state index contributed by atoms with van der Waals surface area (Å²) in [5.74, 6) is -0.959. The molecule has 0 aliphatic rings. The van der Waals surface area contributed by atoms with Crippen molar-refractivity contribution in [3.8, 4) is 0 Å². The van der Waals surface area contributed by atoms with Gasteiger partial charge in [0.05, 0.1) is 11.3 Å². The lowest BCUT2D eigenvalue weighted by Gasteiger charge is -2.14. The molecule has 2 aromatic heterocycles. The molecule has 0 bridgehead atoms. The van der Waals surface area contributed by atoms with E-state index in [1.165, 1.54) is 0 Å². The van der Waals surface area contributed by atoms with Crippen LogP contribution in [0.2, 0.25) is 0 Å². The minimum Gasteiger partial charge on any atom is -0.478 e. The molecule has 0 saturated heterocycles. The van der Waals surface area contributed by atoms with Gasteiger partial charge in [0.1, 0.15) is 0 Å². The van der Waals surface area contributed by atoms with E-state index in [0.717, 1.165) is 5.56 Å². The zero-order chi connectivity index (χ0) is 13.7. The third kappa shape index (κ3) is 3.35. The molecule has 2 aromatic rings. The van der Waals surface area contributed by atoms with Crippen LogP contribution in [0.3, 0.4) is 0 Å². The van der Waals surface area contributed by atoms with Gasteiger partial charge in [-0.25, -0.2) is 4.79 Å². The van der Waals surface area contributed by atoms with Crippen LogP contribution in [0, 0.1) is 0 Å². The Balaban J connectivity index is 2.05. The van der Waals surface area contributed by atoms with Crippen molar-refractivity contribution in [2.45, 2.75) is 19.5 Å². The van der Waals surface area contributed by atoms with E-state index < -0.39 is 5.97 Å². The SMILES string of the molecule is CC(NCc1ncccc1C(=O)O)c1cccnc1. The number of nitrogens with zero attached hydrogens (tertiary/aromatic N) is 2. The average molecular weight is 257 g/mol. The van der Waals surface area contributed by atoms with E-state index in [0.29, 0.717) is 12.2 Å². The number of carbonyl (C=O) groups is 1. The molecule has 0 radical (unpaired) electrons. The molecule has 19 heavy (non-hydrogen) atoms. The standard InChI is InChI=1S/C14H15N3O2/c1-10(11-4-2-6-15-8-11)17-9-13-12(14(18)19)5-3-7-16-13/h2-8,10,17H,9H2,1H3,(H,18,19). The Bertz CT molecular complexity index is 558. The maximum Gasteiger partial charge on any atom is 0.337 e. The molecule has 2 rings (SSSR count). The topological polar surface area (TPSA) is 75.1 Å². The Labute approximate surface area is 111 Å². The molecular weight excluding hydrogens is 242 g/mol. The van der Waals surface area contributed by atoms with E-state index in [1.54, 1.807) is 30.7 Å². The summed E-state index contributed by atoms with van der Waals surface area (Å²) in [6.07, 6.45) is 5.10. The van der Waals surface area contributed by atoms with Gasteiger partial charge in [0, 0.05) is 31.2 Å². The number of aromatic nitrogens is 2. The van der Waals surface area contributed by atoms with Gasteiger partial charge >= 0.3 is 5.97 Å². The van der Waals surface area contributed by atoms with Gasteiger partial charge in [-0.1, -0.05) is 6.07 Å². The Hall–Kier alpha value is -2.27. The molecular formula is C14H15N3O2. The van der Waals surface area contributed by atoms with E-state index in [1.807, 2.05) is 19.1 Å². The van der Waals surface area contributed by atoms with Crippen molar-refractivity contribution in [3.63, 3.8) is 0 Å². The number of carboxylic acid groups (broad SMARTS) is 1. The van der Waals surface area contributed by atoms with Gasteiger partial charge in [-0.05, 0) is 30.7 Å². The third-order valence-corrected chi connectivity index (χ3v) is 2.88. The number of carboxylic acids is 1. The van der Waals surface area contributed by atoms with Gasteiger partial charge < -0.3 is 10.4 Å². The lowest BCUT2D eigenvalue weighted by Crippen LogP contribution is -2.20. The van der Waals surface area contributed by atoms with Crippen molar-refractivity contribution < 1.29 is 9.90 Å². The number of pyridine rings is 2. The van der Waals surface area contributed by atoms with Crippen LogP contribution in [0.1, 0.15) is 34.6 Å². The average Bonchev–Trinajstić information content (AvgIpc) is 2.46. The summed E-state index contributed by atoms with van der Waals surface area (Å²) in [6, 6.07) is 7.11. The molecule has 0 amide bonds. The first-order valence-corrected chi connectivity index (χ1v) is 5.99. The molecule has 0 saturated carbocycles. The molecule has 1 atom stereocenters. The van der Waals surface area contributed by atoms with Crippen molar-refractivity contribution in [2.75, 3.05) is 0 Å². The lowest BCUT2D eigenvalue weighted by molar-refractivity contribution is 0.0695. The van der Waals surface area contributed by atoms with Crippen LogP contribution in [0.15, 0.2) is 42.9 Å². The van der Waals surface area contributed by atoms with E-state index in [2.05, 4.69) is 15.3 Å². The summed E-state index contributed by atoms with van der Waals surface area (Å²) in [5, 5.41) is 12.3. The van der Waals surface area contributed by atoms with Gasteiger partial charge in [0.2, 0.25) is 0 Å². The Morgan fingerprint density at radius 3 is 2.84 bits per heavy atom. The van der Waals surface area contributed by atoms with E-state index in [-0.39, 0.29) is 11.6 Å². The fourth-order valence-electron chi connectivity index (χ4n) is 1.77. The summed E-state index contributed by atoms with van der Waals surface area (Å²) < 4.78 is 0. The maximum absolute atomic E-state index is 11.1. The molecule has 0 aromatic carbocycles. The smallest absolute Gasteiger partial charge is 0.337 e. The Morgan fingerprint density at radius 1 is 1.37 bits per heavy atom. The first-order chi connectivity index (χ1) is 9.18. The molecule has 5 nitrogen and oxygen atoms in total. The summed E-state index contributed by atoms with van der Waals surface area (Å²) in [5.41, 5.74) is 1.81.